The highest BCUT2D eigenvalue weighted by Crippen LogP contribution is 2.29. The second-order valence-electron chi connectivity index (χ2n) is 5.69. The number of nitrogens with zero attached hydrogens (tertiary/aromatic N) is 3. The standard InChI is InChI=1S/C14H25N3O/c1-10(2)8-17-6-7-18-9-13(17)14-11(3)15-16(5)12(14)4/h10,13H,6-9H2,1-5H3. The summed E-state index contributed by atoms with van der Waals surface area (Å²) in [6.07, 6.45) is 0. The maximum atomic E-state index is 5.69. The fourth-order valence-corrected chi connectivity index (χ4v) is 2.86. The first-order chi connectivity index (χ1) is 8.50. The van der Waals surface area contributed by atoms with E-state index in [2.05, 4.69) is 37.7 Å². The van der Waals surface area contributed by atoms with Gasteiger partial charge >= 0.3 is 0 Å². The zero-order chi connectivity index (χ0) is 13.3. The van der Waals surface area contributed by atoms with E-state index in [4.69, 9.17) is 4.74 Å². The van der Waals surface area contributed by atoms with Gasteiger partial charge in [-0.25, -0.2) is 0 Å². The van der Waals surface area contributed by atoms with E-state index in [1.165, 1.54) is 11.3 Å². The maximum Gasteiger partial charge on any atom is 0.0665 e. The molecular formula is C14H25N3O. The predicted molar refractivity (Wildman–Crippen MR) is 72.7 cm³/mol. The lowest BCUT2D eigenvalue weighted by Crippen LogP contribution is -2.41. The summed E-state index contributed by atoms with van der Waals surface area (Å²) in [6.45, 7) is 12.6. The second-order valence-corrected chi connectivity index (χ2v) is 5.69. The minimum atomic E-state index is 0.370. The molecule has 0 amide bonds. The van der Waals surface area contributed by atoms with Crippen molar-refractivity contribution in [1.29, 1.82) is 0 Å². The van der Waals surface area contributed by atoms with Crippen molar-refractivity contribution in [2.75, 3.05) is 26.3 Å². The molecule has 0 aromatic carbocycles. The van der Waals surface area contributed by atoms with Crippen LogP contribution < -0.4 is 0 Å². The molecule has 1 atom stereocenters. The van der Waals surface area contributed by atoms with Crippen LogP contribution in [0.4, 0.5) is 0 Å². The molecule has 2 heterocycles. The van der Waals surface area contributed by atoms with E-state index in [-0.39, 0.29) is 0 Å². The van der Waals surface area contributed by atoms with Crippen molar-refractivity contribution < 1.29 is 4.74 Å². The molecule has 0 saturated carbocycles. The highest BCUT2D eigenvalue weighted by Gasteiger charge is 2.29. The van der Waals surface area contributed by atoms with Crippen LogP contribution in [0.15, 0.2) is 0 Å². The quantitative estimate of drug-likeness (QED) is 0.824. The summed E-state index contributed by atoms with van der Waals surface area (Å²) in [5, 5.41) is 4.53. The first kappa shape index (κ1) is 13.6. The summed E-state index contributed by atoms with van der Waals surface area (Å²) in [4.78, 5) is 2.55. The van der Waals surface area contributed by atoms with Gasteiger partial charge < -0.3 is 4.74 Å². The number of hydrogen-bond acceptors (Lipinski definition) is 3. The zero-order valence-corrected chi connectivity index (χ0v) is 12.2. The molecule has 1 aliphatic heterocycles. The van der Waals surface area contributed by atoms with Gasteiger partial charge in [-0.3, -0.25) is 9.58 Å². The first-order valence-corrected chi connectivity index (χ1v) is 6.82. The highest BCUT2D eigenvalue weighted by molar-refractivity contribution is 5.28. The normalized spacial score (nSPS) is 21.8. The van der Waals surface area contributed by atoms with Gasteiger partial charge in [-0.05, 0) is 19.8 Å². The number of aromatic nitrogens is 2. The third-order valence-corrected chi connectivity index (χ3v) is 3.74. The molecule has 0 spiro atoms. The van der Waals surface area contributed by atoms with Crippen LogP contribution in [-0.4, -0.2) is 41.0 Å². The van der Waals surface area contributed by atoms with Crippen molar-refractivity contribution in [1.82, 2.24) is 14.7 Å². The van der Waals surface area contributed by atoms with Crippen LogP contribution in [0.25, 0.3) is 0 Å². The van der Waals surface area contributed by atoms with Crippen LogP contribution >= 0.6 is 0 Å². The molecule has 2 rings (SSSR count). The minimum absolute atomic E-state index is 0.370. The van der Waals surface area contributed by atoms with E-state index in [0.717, 1.165) is 32.0 Å². The van der Waals surface area contributed by atoms with Crippen molar-refractivity contribution in [3.63, 3.8) is 0 Å². The SMILES string of the molecule is Cc1nn(C)c(C)c1C1COCCN1CC(C)C. The third-order valence-electron chi connectivity index (χ3n) is 3.74. The molecule has 1 aromatic heterocycles. The summed E-state index contributed by atoms with van der Waals surface area (Å²) in [5.41, 5.74) is 3.76. The van der Waals surface area contributed by atoms with Crippen molar-refractivity contribution in [2.45, 2.75) is 33.7 Å². The highest BCUT2D eigenvalue weighted by atomic mass is 16.5. The fourth-order valence-electron chi connectivity index (χ4n) is 2.86. The Morgan fingerprint density at radius 2 is 2.11 bits per heavy atom. The lowest BCUT2D eigenvalue weighted by atomic mass is 10.0. The van der Waals surface area contributed by atoms with Crippen LogP contribution in [0, 0.1) is 19.8 Å². The smallest absolute Gasteiger partial charge is 0.0665 e. The van der Waals surface area contributed by atoms with Crippen molar-refractivity contribution >= 4 is 0 Å². The number of aryl methyl sites for hydroxylation is 2. The van der Waals surface area contributed by atoms with E-state index in [1.807, 2.05) is 11.7 Å². The molecule has 0 N–H and O–H groups in total. The molecule has 4 heteroatoms. The number of morpholine rings is 1. The molecule has 1 saturated heterocycles. The van der Waals surface area contributed by atoms with Crippen molar-refractivity contribution in [3.05, 3.63) is 17.0 Å². The van der Waals surface area contributed by atoms with Crippen molar-refractivity contribution in [2.24, 2.45) is 13.0 Å². The maximum absolute atomic E-state index is 5.69. The summed E-state index contributed by atoms with van der Waals surface area (Å²) < 4.78 is 7.67. The molecule has 0 radical (unpaired) electrons. The Bertz CT molecular complexity index is 411. The molecule has 18 heavy (non-hydrogen) atoms. The molecule has 1 unspecified atom stereocenters. The minimum Gasteiger partial charge on any atom is -0.378 e. The average molecular weight is 251 g/mol. The van der Waals surface area contributed by atoms with Gasteiger partial charge in [0.1, 0.15) is 0 Å². The Hall–Kier alpha value is -0.870. The summed E-state index contributed by atoms with van der Waals surface area (Å²) in [7, 11) is 2.02. The number of rotatable bonds is 3. The monoisotopic (exact) mass is 251 g/mol. The predicted octanol–water partition coefficient (Wildman–Crippen LogP) is 2.07. The Labute approximate surface area is 110 Å². The topological polar surface area (TPSA) is 30.3 Å². The molecule has 0 aliphatic carbocycles. The number of hydrogen-bond donors (Lipinski definition) is 0. The molecule has 1 aromatic rings. The van der Waals surface area contributed by atoms with E-state index >= 15 is 0 Å². The lowest BCUT2D eigenvalue weighted by Gasteiger charge is -2.37. The van der Waals surface area contributed by atoms with E-state index in [1.54, 1.807) is 0 Å². The Morgan fingerprint density at radius 1 is 1.39 bits per heavy atom. The zero-order valence-electron chi connectivity index (χ0n) is 12.2. The van der Waals surface area contributed by atoms with E-state index in [9.17, 15) is 0 Å². The lowest BCUT2D eigenvalue weighted by molar-refractivity contribution is -0.0138. The van der Waals surface area contributed by atoms with Crippen LogP contribution in [0.3, 0.4) is 0 Å². The van der Waals surface area contributed by atoms with Crippen LogP contribution in [-0.2, 0) is 11.8 Å². The molecule has 102 valence electrons. The summed E-state index contributed by atoms with van der Waals surface area (Å²) >= 11 is 0. The van der Waals surface area contributed by atoms with Crippen LogP contribution in [0.1, 0.15) is 36.8 Å². The summed E-state index contributed by atoms with van der Waals surface area (Å²) in [6, 6.07) is 0.370. The number of ether oxygens (including phenoxy) is 1. The van der Waals surface area contributed by atoms with E-state index in [0.29, 0.717) is 12.0 Å². The Balaban J connectivity index is 2.27. The Morgan fingerprint density at radius 3 is 2.67 bits per heavy atom. The van der Waals surface area contributed by atoms with Crippen LogP contribution in [0.2, 0.25) is 0 Å². The largest absolute Gasteiger partial charge is 0.378 e. The molecule has 4 nitrogen and oxygen atoms in total. The van der Waals surface area contributed by atoms with Gasteiger partial charge in [0.2, 0.25) is 0 Å². The second kappa shape index (κ2) is 5.41. The fraction of sp³-hybridized carbons (Fsp3) is 0.786. The molecule has 1 aliphatic rings. The van der Waals surface area contributed by atoms with Gasteiger partial charge in [-0.1, -0.05) is 13.8 Å². The van der Waals surface area contributed by atoms with Gasteiger partial charge in [-0.2, -0.15) is 5.10 Å². The van der Waals surface area contributed by atoms with Gasteiger partial charge in [0.15, 0.2) is 0 Å². The van der Waals surface area contributed by atoms with Gasteiger partial charge in [0.05, 0.1) is 24.9 Å². The van der Waals surface area contributed by atoms with Gasteiger partial charge in [0, 0.05) is 31.4 Å². The molecule has 0 bridgehead atoms. The Kier molecular flexibility index (Phi) is 4.07. The van der Waals surface area contributed by atoms with Gasteiger partial charge in [0.25, 0.3) is 0 Å². The third kappa shape index (κ3) is 2.59. The van der Waals surface area contributed by atoms with E-state index < -0.39 is 0 Å². The van der Waals surface area contributed by atoms with Crippen molar-refractivity contribution in [3.8, 4) is 0 Å². The van der Waals surface area contributed by atoms with Gasteiger partial charge in [-0.15, -0.1) is 0 Å². The summed E-state index contributed by atoms with van der Waals surface area (Å²) in [5.74, 6) is 0.683. The van der Waals surface area contributed by atoms with Crippen LogP contribution in [0.5, 0.6) is 0 Å². The molecular weight excluding hydrogens is 226 g/mol. The molecule has 1 fully saturated rings. The first-order valence-electron chi connectivity index (χ1n) is 6.82. The average Bonchev–Trinajstić information content (AvgIpc) is 2.54.